The number of aryl methyl sites for hydroxylation is 1. The van der Waals surface area contributed by atoms with Gasteiger partial charge >= 0.3 is 0 Å². The van der Waals surface area contributed by atoms with Crippen LogP contribution < -0.4 is 5.48 Å². The molecule has 1 aromatic heterocycles. The molecule has 0 aliphatic heterocycles. The molecule has 0 saturated carbocycles. The molecular formula is C25H29N3O3. The van der Waals surface area contributed by atoms with E-state index in [-0.39, 0.29) is 6.61 Å². The second-order valence-electron chi connectivity index (χ2n) is 8.04. The Morgan fingerprint density at radius 1 is 1.23 bits per heavy atom. The van der Waals surface area contributed by atoms with E-state index in [9.17, 15) is 9.90 Å². The van der Waals surface area contributed by atoms with E-state index in [0.29, 0.717) is 6.04 Å². The lowest BCUT2D eigenvalue weighted by Crippen LogP contribution is -2.31. The number of aromatic amines is 1. The maximum absolute atomic E-state index is 11.2. The molecule has 1 atom stereocenters. The Morgan fingerprint density at radius 3 is 2.94 bits per heavy atom. The number of carbonyl (C=O) groups excluding carboxylic acids is 1. The third-order valence-corrected chi connectivity index (χ3v) is 6.14. The zero-order chi connectivity index (χ0) is 21.6. The largest absolute Gasteiger partial charge is 0.396 e. The van der Waals surface area contributed by atoms with E-state index in [2.05, 4.69) is 46.4 Å². The molecule has 0 unspecified atom stereocenters. The third-order valence-electron chi connectivity index (χ3n) is 6.14. The maximum Gasteiger partial charge on any atom is 0.267 e. The molecule has 4 rings (SSSR count). The van der Waals surface area contributed by atoms with Crippen molar-refractivity contribution in [1.29, 1.82) is 0 Å². The van der Waals surface area contributed by atoms with Crippen LogP contribution in [0.1, 0.15) is 41.1 Å². The monoisotopic (exact) mass is 419 g/mol. The zero-order valence-electron chi connectivity index (χ0n) is 17.6. The quantitative estimate of drug-likeness (QED) is 0.242. The van der Waals surface area contributed by atoms with Gasteiger partial charge in [0, 0.05) is 48.9 Å². The summed E-state index contributed by atoms with van der Waals surface area (Å²) in [6.45, 7) is 1.99. The molecule has 0 bridgehead atoms. The lowest BCUT2D eigenvalue weighted by atomic mass is 10.0. The minimum Gasteiger partial charge on any atom is -0.396 e. The van der Waals surface area contributed by atoms with Gasteiger partial charge in [0.05, 0.1) is 0 Å². The minimum atomic E-state index is -0.536. The van der Waals surface area contributed by atoms with Crippen molar-refractivity contribution in [1.82, 2.24) is 15.4 Å². The summed E-state index contributed by atoms with van der Waals surface area (Å²) < 4.78 is 0. The number of fused-ring (bicyclic) bond motifs is 2. The lowest BCUT2D eigenvalue weighted by Gasteiger charge is -2.29. The fourth-order valence-electron chi connectivity index (χ4n) is 4.61. The number of aliphatic hydroxyl groups excluding tert-OH is 1. The number of hydrogen-bond donors (Lipinski definition) is 4. The number of amides is 1. The van der Waals surface area contributed by atoms with Crippen LogP contribution in [-0.4, -0.2) is 45.8 Å². The van der Waals surface area contributed by atoms with Crippen LogP contribution in [0.25, 0.3) is 17.0 Å². The number of nitrogens with zero attached hydrogens (tertiary/aromatic N) is 1. The number of nitrogens with one attached hydrogen (secondary N) is 2. The highest BCUT2D eigenvalue weighted by molar-refractivity contribution is 5.90. The van der Waals surface area contributed by atoms with E-state index in [1.807, 2.05) is 12.1 Å². The van der Waals surface area contributed by atoms with Crippen LogP contribution in [0.4, 0.5) is 0 Å². The van der Waals surface area contributed by atoms with Crippen molar-refractivity contribution in [2.75, 3.05) is 19.7 Å². The van der Waals surface area contributed by atoms with E-state index in [1.54, 1.807) is 11.6 Å². The van der Waals surface area contributed by atoms with Crippen molar-refractivity contribution in [2.45, 2.75) is 31.7 Å². The Balaban J connectivity index is 1.50. The second kappa shape index (κ2) is 9.92. The number of para-hydroxylation sites is 1. The van der Waals surface area contributed by atoms with Crippen molar-refractivity contribution >= 4 is 22.9 Å². The average molecular weight is 420 g/mol. The van der Waals surface area contributed by atoms with Crippen LogP contribution in [-0.2, 0) is 17.6 Å². The number of hydrogen-bond acceptors (Lipinski definition) is 4. The van der Waals surface area contributed by atoms with Crippen molar-refractivity contribution in [3.8, 4) is 0 Å². The molecular weight excluding hydrogens is 390 g/mol. The number of H-pyrrole nitrogens is 1. The van der Waals surface area contributed by atoms with E-state index in [1.165, 1.54) is 33.7 Å². The molecule has 1 aliphatic rings. The number of benzene rings is 2. The summed E-state index contributed by atoms with van der Waals surface area (Å²) >= 11 is 0. The fourth-order valence-corrected chi connectivity index (χ4v) is 4.61. The Hall–Kier alpha value is -2.93. The summed E-state index contributed by atoms with van der Waals surface area (Å²) in [5, 5.41) is 19.3. The normalized spacial score (nSPS) is 15.8. The highest BCUT2D eigenvalue weighted by Crippen LogP contribution is 2.37. The van der Waals surface area contributed by atoms with Crippen LogP contribution in [0.2, 0.25) is 0 Å². The van der Waals surface area contributed by atoms with Crippen molar-refractivity contribution < 1.29 is 15.1 Å². The van der Waals surface area contributed by atoms with Gasteiger partial charge in [0.15, 0.2) is 0 Å². The SMILES string of the molecule is O=C(C=Cc1ccc2c(c1)CC[C@@H]2N(CCCO)CCc1c[nH]c2ccccc12)NO. The molecule has 6 nitrogen and oxygen atoms in total. The van der Waals surface area contributed by atoms with Crippen LogP contribution >= 0.6 is 0 Å². The predicted molar refractivity (Wildman–Crippen MR) is 122 cm³/mol. The fraction of sp³-hybridized carbons (Fsp3) is 0.320. The first-order chi connectivity index (χ1) is 15.2. The first-order valence-electron chi connectivity index (χ1n) is 10.8. The molecule has 1 amide bonds. The number of aliphatic hydroxyl groups is 1. The summed E-state index contributed by atoms with van der Waals surface area (Å²) in [5.74, 6) is -0.536. The van der Waals surface area contributed by atoms with Gasteiger partial charge in [0.25, 0.3) is 5.91 Å². The van der Waals surface area contributed by atoms with E-state index >= 15 is 0 Å². The molecule has 0 spiro atoms. The van der Waals surface area contributed by atoms with Gasteiger partial charge < -0.3 is 10.1 Å². The van der Waals surface area contributed by atoms with Gasteiger partial charge in [-0.3, -0.25) is 14.9 Å². The summed E-state index contributed by atoms with van der Waals surface area (Å²) in [6.07, 6.45) is 8.91. The highest BCUT2D eigenvalue weighted by atomic mass is 16.5. The van der Waals surface area contributed by atoms with Crippen LogP contribution in [0.5, 0.6) is 0 Å². The molecule has 4 N–H and O–H groups in total. The molecule has 162 valence electrons. The molecule has 0 radical (unpaired) electrons. The first-order valence-corrected chi connectivity index (χ1v) is 10.8. The zero-order valence-corrected chi connectivity index (χ0v) is 17.6. The molecule has 3 aromatic rings. The Kier molecular flexibility index (Phi) is 6.82. The number of carbonyl (C=O) groups is 1. The molecule has 1 heterocycles. The second-order valence-corrected chi connectivity index (χ2v) is 8.04. The van der Waals surface area contributed by atoms with Gasteiger partial charge in [0.2, 0.25) is 0 Å². The standard InChI is InChI=1S/C25H29N3O3/c29-15-3-13-28(14-12-20-17-26-23-5-2-1-4-21(20)23)24-10-8-19-16-18(6-9-22(19)24)7-11-25(30)27-31/h1-2,4-7,9,11,16-17,24,26,29,31H,3,8,10,12-15H2,(H,27,30)/t24-/m0/s1. The van der Waals surface area contributed by atoms with E-state index < -0.39 is 5.91 Å². The first kappa shape index (κ1) is 21.3. The Bertz CT molecular complexity index is 1070. The van der Waals surface area contributed by atoms with Crippen molar-refractivity contribution in [3.05, 3.63) is 77.0 Å². The van der Waals surface area contributed by atoms with Crippen LogP contribution in [0.15, 0.2) is 54.7 Å². The van der Waals surface area contributed by atoms with E-state index in [0.717, 1.165) is 44.3 Å². The Labute approximate surface area is 182 Å². The molecule has 0 fully saturated rings. The molecule has 2 aromatic carbocycles. The van der Waals surface area contributed by atoms with Gasteiger partial charge in [-0.15, -0.1) is 0 Å². The van der Waals surface area contributed by atoms with Crippen molar-refractivity contribution in [3.63, 3.8) is 0 Å². The highest BCUT2D eigenvalue weighted by Gasteiger charge is 2.27. The van der Waals surface area contributed by atoms with Gasteiger partial charge in [-0.25, -0.2) is 5.48 Å². The Morgan fingerprint density at radius 2 is 2.10 bits per heavy atom. The third kappa shape index (κ3) is 4.88. The summed E-state index contributed by atoms with van der Waals surface area (Å²) in [6, 6.07) is 15.0. The average Bonchev–Trinajstić information content (AvgIpc) is 3.41. The van der Waals surface area contributed by atoms with Crippen LogP contribution in [0, 0.1) is 0 Å². The number of hydroxylamine groups is 1. The van der Waals surface area contributed by atoms with Gasteiger partial charge in [-0.2, -0.15) is 0 Å². The molecule has 1 aliphatic carbocycles. The molecule has 31 heavy (non-hydrogen) atoms. The van der Waals surface area contributed by atoms with Gasteiger partial charge in [-0.05, 0) is 60.1 Å². The lowest BCUT2D eigenvalue weighted by molar-refractivity contribution is -0.124. The maximum atomic E-state index is 11.2. The van der Waals surface area contributed by atoms with E-state index in [4.69, 9.17) is 5.21 Å². The smallest absolute Gasteiger partial charge is 0.267 e. The van der Waals surface area contributed by atoms with Crippen molar-refractivity contribution in [2.24, 2.45) is 0 Å². The number of rotatable bonds is 9. The summed E-state index contributed by atoms with van der Waals surface area (Å²) in [7, 11) is 0. The van der Waals surface area contributed by atoms with Crippen LogP contribution in [0.3, 0.4) is 0 Å². The minimum absolute atomic E-state index is 0.194. The predicted octanol–water partition coefficient (Wildman–Crippen LogP) is 3.60. The molecule has 0 saturated heterocycles. The topological polar surface area (TPSA) is 88.6 Å². The molecule has 6 heteroatoms. The summed E-state index contributed by atoms with van der Waals surface area (Å²) in [5.41, 5.74) is 7.69. The summed E-state index contributed by atoms with van der Waals surface area (Å²) in [4.78, 5) is 17.1. The van der Waals surface area contributed by atoms with Gasteiger partial charge in [-0.1, -0.05) is 36.4 Å². The van der Waals surface area contributed by atoms with Gasteiger partial charge in [0.1, 0.15) is 0 Å². The number of aromatic nitrogens is 1.